The molecule has 1 N–H and O–H groups in total. The van der Waals surface area contributed by atoms with E-state index in [0.717, 1.165) is 0 Å². The lowest BCUT2D eigenvalue weighted by molar-refractivity contribution is -0.0883. The predicted molar refractivity (Wildman–Crippen MR) is 34.2 cm³/mol. The van der Waals surface area contributed by atoms with Crippen LogP contribution in [0.2, 0.25) is 0 Å². The Kier molecular flexibility index (Phi) is 1.92. The summed E-state index contributed by atoms with van der Waals surface area (Å²) in [5.74, 6) is -5.41. The van der Waals surface area contributed by atoms with Crippen molar-refractivity contribution in [2.75, 3.05) is 18.1 Å². The molecule has 0 aromatic heterocycles. The highest BCUT2D eigenvalue weighted by Crippen LogP contribution is 2.33. The first-order valence-corrected chi connectivity index (χ1v) is 4.88. The van der Waals surface area contributed by atoms with Crippen molar-refractivity contribution < 1.29 is 22.3 Å². The second-order valence-electron chi connectivity index (χ2n) is 2.69. The zero-order valence-electron chi connectivity index (χ0n) is 5.63. The molecule has 6 heteroatoms. The topological polar surface area (TPSA) is 54.4 Å². The first-order chi connectivity index (χ1) is 4.87. The predicted octanol–water partition coefficient (Wildman–Crippen LogP) is -0.341. The van der Waals surface area contributed by atoms with Gasteiger partial charge in [-0.15, -0.1) is 0 Å². The number of aliphatic hydroxyl groups excluding tert-OH is 1. The van der Waals surface area contributed by atoms with Crippen LogP contribution in [0, 0.1) is 5.92 Å². The van der Waals surface area contributed by atoms with Gasteiger partial charge in [-0.05, 0) is 0 Å². The van der Waals surface area contributed by atoms with Crippen LogP contribution in [0.4, 0.5) is 8.78 Å². The van der Waals surface area contributed by atoms with Crippen LogP contribution < -0.4 is 0 Å². The van der Waals surface area contributed by atoms with Crippen molar-refractivity contribution in [1.82, 2.24) is 0 Å². The summed E-state index contributed by atoms with van der Waals surface area (Å²) in [7, 11) is -3.22. The average Bonchev–Trinajstić information content (AvgIpc) is 1.83. The molecule has 1 aliphatic heterocycles. The van der Waals surface area contributed by atoms with Crippen LogP contribution in [0.1, 0.15) is 0 Å². The molecule has 0 saturated carbocycles. The molecule has 0 spiro atoms. The van der Waals surface area contributed by atoms with E-state index < -0.39 is 39.8 Å². The van der Waals surface area contributed by atoms with Crippen LogP contribution in [0.25, 0.3) is 0 Å². The van der Waals surface area contributed by atoms with Crippen LogP contribution >= 0.6 is 0 Å². The van der Waals surface area contributed by atoms with Gasteiger partial charge in [0.05, 0.1) is 17.4 Å². The fraction of sp³-hybridized carbons (Fsp3) is 1.00. The van der Waals surface area contributed by atoms with Gasteiger partial charge in [0.1, 0.15) is 6.61 Å². The summed E-state index contributed by atoms with van der Waals surface area (Å²) in [6, 6.07) is 0. The van der Waals surface area contributed by atoms with Gasteiger partial charge in [-0.2, -0.15) is 0 Å². The quantitative estimate of drug-likeness (QED) is 0.641. The average molecular weight is 186 g/mol. The van der Waals surface area contributed by atoms with Gasteiger partial charge in [-0.3, -0.25) is 0 Å². The maximum Gasteiger partial charge on any atom is 0.275 e. The van der Waals surface area contributed by atoms with Crippen LogP contribution in [0.15, 0.2) is 0 Å². The minimum Gasteiger partial charge on any atom is -0.390 e. The minimum absolute atomic E-state index is 0.499. The lowest BCUT2D eigenvalue weighted by atomic mass is 10.1. The number of aliphatic hydroxyl groups is 1. The molecule has 0 aromatic carbocycles. The van der Waals surface area contributed by atoms with Gasteiger partial charge < -0.3 is 5.11 Å². The Morgan fingerprint density at radius 3 is 2.18 bits per heavy atom. The van der Waals surface area contributed by atoms with Gasteiger partial charge in [0.2, 0.25) is 0 Å². The Morgan fingerprint density at radius 1 is 1.45 bits per heavy atom. The minimum atomic E-state index is -3.23. The van der Waals surface area contributed by atoms with Crippen LogP contribution in [0.3, 0.4) is 0 Å². The van der Waals surface area contributed by atoms with Crippen LogP contribution in [-0.4, -0.2) is 37.6 Å². The third-order valence-electron chi connectivity index (χ3n) is 1.72. The van der Waals surface area contributed by atoms with E-state index in [1.165, 1.54) is 0 Å². The SMILES string of the molecule is O=S1(=O)CC(C(F)(F)CO)C1. The van der Waals surface area contributed by atoms with Crippen molar-refractivity contribution in [1.29, 1.82) is 0 Å². The Labute approximate surface area is 62.9 Å². The zero-order valence-corrected chi connectivity index (χ0v) is 6.44. The molecule has 0 atom stereocenters. The molecule has 0 radical (unpaired) electrons. The van der Waals surface area contributed by atoms with E-state index in [2.05, 4.69) is 0 Å². The summed E-state index contributed by atoms with van der Waals surface area (Å²) in [5.41, 5.74) is 0. The molecule has 1 aliphatic rings. The molecule has 66 valence electrons. The van der Waals surface area contributed by atoms with Crippen molar-refractivity contribution in [2.24, 2.45) is 5.92 Å². The molecule has 1 saturated heterocycles. The first kappa shape index (κ1) is 8.86. The molecule has 0 unspecified atom stereocenters. The van der Waals surface area contributed by atoms with E-state index in [4.69, 9.17) is 5.11 Å². The molecule has 0 bridgehead atoms. The maximum absolute atomic E-state index is 12.4. The van der Waals surface area contributed by atoms with Gasteiger partial charge in [-0.25, -0.2) is 17.2 Å². The first-order valence-electron chi connectivity index (χ1n) is 3.06. The lowest BCUT2D eigenvalue weighted by Gasteiger charge is -2.31. The van der Waals surface area contributed by atoms with E-state index >= 15 is 0 Å². The Hall–Kier alpha value is -0.230. The number of alkyl halides is 2. The molecule has 11 heavy (non-hydrogen) atoms. The molecular weight excluding hydrogens is 178 g/mol. The molecule has 1 heterocycles. The fourth-order valence-electron chi connectivity index (χ4n) is 0.937. The summed E-state index contributed by atoms with van der Waals surface area (Å²) < 4.78 is 45.7. The Morgan fingerprint density at radius 2 is 1.91 bits per heavy atom. The summed E-state index contributed by atoms with van der Waals surface area (Å²) in [6.45, 7) is -1.27. The van der Waals surface area contributed by atoms with Crippen molar-refractivity contribution >= 4 is 9.84 Å². The number of hydrogen-bond acceptors (Lipinski definition) is 3. The smallest absolute Gasteiger partial charge is 0.275 e. The van der Waals surface area contributed by atoms with E-state index in [1.807, 2.05) is 0 Å². The second-order valence-corrected chi connectivity index (χ2v) is 4.85. The molecule has 3 nitrogen and oxygen atoms in total. The molecule has 0 amide bonds. The number of rotatable bonds is 2. The monoisotopic (exact) mass is 186 g/mol. The van der Waals surface area contributed by atoms with Crippen LogP contribution in [0.5, 0.6) is 0 Å². The second kappa shape index (κ2) is 2.38. The molecule has 0 aliphatic carbocycles. The summed E-state index contributed by atoms with van der Waals surface area (Å²) in [5, 5.41) is 8.15. The highest BCUT2D eigenvalue weighted by molar-refractivity contribution is 7.92. The highest BCUT2D eigenvalue weighted by Gasteiger charge is 2.49. The molecule has 1 rings (SSSR count). The van der Waals surface area contributed by atoms with Crippen molar-refractivity contribution in [3.05, 3.63) is 0 Å². The van der Waals surface area contributed by atoms with Crippen molar-refractivity contribution in [3.63, 3.8) is 0 Å². The van der Waals surface area contributed by atoms with Gasteiger partial charge in [0, 0.05) is 0 Å². The van der Waals surface area contributed by atoms with Gasteiger partial charge in [0.15, 0.2) is 9.84 Å². The Bertz CT molecular complexity index is 234. The number of halogens is 2. The van der Waals surface area contributed by atoms with E-state index in [1.54, 1.807) is 0 Å². The van der Waals surface area contributed by atoms with Gasteiger partial charge in [0.25, 0.3) is 5.92 Å². The third-order valence-corrected chi connectivity index (χ3v) is 3.54. The lowest BCUT2D eigenvalue weighted by Crippen LogP contribution is -2.49. The van der Waals surface area contributed by atoms with Crippen LogP contribution in [-0.2, 0) is 9.84 Å². The third kappa shape index (κ3) is 1.67. The number of hydrogen-bond donors (Lipinski definition) is 1. The summed E-state index contributed by atoms with van der Waals surface area (Å²) >= 11 is 0. The van der Waals surface area contributed by atoms with Gasteiger partial charge >= 0.3 is 0 Å². The molecule has 1 fully saturated rings. The van der Waals surface area contributed by atoms with E-state index in [-0.39, 0.29) is 0 Å². The maximum atomic E-state index is 12.4. The fourth-order valence-corrected chi connectivity index (χ4v) is 2.55. The van der Waals surface area contributed by atoms with Crippen molar-refractivity contribution in [3.8, 4) is 0 Å². The normalized spacial score (nSPS) is 24.6. The van der Waals surface area contributed by atoms with E-state index in [9.17, 15) is 17.2 Å². The van der Waals surface area contributed by atoms with E-state index in [0.29, 0.717) is 0 Å². The zero-order chi connectivity index (χ0) is 8.70. The van der Waals surface area contributed by atoms with Gasteiger partial charge in [-0.1, -0.05) is 0 Å². The largest absolute Gasteiger partial charge is 0.390 e. The highest BCUT2D eigenvalue weighted by atomic mass is 32.2. The summed E-state index contributed by atoms with van der Waals surface area (Å²) in [6.07, 6.45) is 0. The molecule has 0 aromatic rings. The van der Waals surface area contributed by atoms with Crippen molar-refractivity contribution in [2.45, 2.75) is 5.92 Å². The Balaban J connectivity index is 2.56. The standard InChI is InChI=1S/C5H8F2O3S/c6-5(7,3-8)4-1-11(9,10)2-4/h4,8H,1-3H2. The molecular formula is C5H8F2O3S. The summed E-state index contributed by atoms with van der Waals surface area (Å²) in [4.78, 5) is 0. The number of sulfone groups is 1.